The first-order valence-electron chi connectivity index (χ1n) is 4.21. The van der Waals surface area contributed by atoms with Crippen LogP contribution in [0.15, 0.2) is 41.1 Å². The molecule has 0 aliphatic rings. The van der Waals surface area contributed by atoms with Crippen molar-refractivity contribution >= 4 is 15.9 Å². The maximum absolute atomic E-state index is 4.11. The Balaban J connectivity index is 2.19. The summed E-state index contributed by atoms with van der Waals surface area (Å²) in [5, 5.41) is 7.71. The fourth-order valence-corrected chi connectivity index (χ4v) is 1.63. The van der Waals surface area contributed by atoms with Crippen LogP contribution in [0.4, 0.5) is 0 Å². The Labute approximate surface area is 90.3 Å². The number of benzene rings is 1. The van der Waals surface area contributed by atoms with E-state index in [4.69, 9.17) is 0 Å². The summed E-state index contributed by atoms with van der Waals surface area (Å²) >= 11 is 3.42. The molecular formula is C10H8BrN3. The predicted molar refractivity (Wildman–Crippen MR) is 56.8 cm³/mol. The van der Waals surface area contributed by atoms with Gasteiger partial charge >= 0.3 is 0 Å². The van der Waals surface area contributed by atoms with Gasteiger partial charge in [0.1, 0.15) is 0 Å². The van der Waals surface area contributed by atoms with E-state index in [0.717, 1.165) is 10.3 Å². The smallest absolute Gasteiger partial charge is 0.155 e. The maximum atomic E-state index is 4.11. The number of halogens is 1. The summed E-state index contributed by atoms with van der Waals surface area (Å²) in [7, 11) is 0. The van der Waals surface area contributed by atoms with Gasteiger partial charge in [0.15, 0.2) is 5.82 Å². The van der Waals surface area contributed by atoms with Crippen molar-refractivity contribution in [1.82, 2.24) is 15.2 Å². The van der Waals surface area contributed by atoms with Crippen molar-refractivity contribution in [2.45, 2.75) is 6.42 Å². The van der Waals surface area contributed by atoms with E-state index in [9.17, 15) is 0 Å². The lowest BCUT2D eigenvalue weighted by Gasteiger charge is -1.99. The first-order valence-corrected chi connectivity index (χ1v) is 5.01. The van der Waals surface area contributed by atoms with Crippen LogP contribution in [0.1, 0.15) is 11.4 Å². The Morgan fingerprint density at radius 2 is 2.14 bits per heavy atom. The highest BCUT2D eigenvalue weighted by molar-refractivity contribution is 9.10. The maximum Gasteiger partial charge on any atom is 0.155 e. The molecule has 0 aliphatic heterocycles. The second kappa shape index (κ2) is 4.28. The summed E-state index contributed by atoms with van der Waals surface area (Å²) < 4.78 is 1.07. The van der Waals surface area contributed by atoms with E-state index in [2.05, 4.69) is 37.2 Å². The Hall–Kier alpha value is -1.29. The first-order chi connectivity index (χ1) is 6.84. The topological polar surface area (TPSA) is 38.7 Å². The third-order valence-electron chi connectivity index (χ3n) is 1.78. The van der Waals surface area contributed by atoms with Crippen LogP contribution >= 0.6 is 15.9 Å². The largest absolute Gasteiger partial charge is 0.237 e. The minimum atomic E-state index is 0.716. The van der Waals surface area contributed by atoms with Crippen molar-refractivity contribution in [1.29, 1.82) is 0 Å². The van der Waals surface area contributed by atoms with Gasteiger partial charge in [-0.2, -0.15) is 5.10 Å². The van der Waals surface area contributed by atoms with Crippen LogP contribution in [0.5, 0.6) is 0 Å². The fraction of sp³-hybridized carbons (Fsp3) is 0.100. The van der Waals surface area contributed by atoms with Gasteiger partial charge in [0.2, 0.25) is 0 Å². The minimum absolute atomic E-state index is 0.716. The Kier molecular flexibility index (Phi) is 2.84. The molecule has 14 heavy (non-hydrogen) atoms. The number of rotatable bonds is 2. The molecule has 0 atom stereocenters. The van der Waals surface area contributed by atoms with E-state index in [0.29, 0.717) is 6.42 Å². The fourth-order valence-electron chi connectivity index (χ4n) is 1.19. The number of hydrogen-bond acceptors (Lipinski definition) is 3. The zero-order valence-corrected chi connectivity index (χ0v) is 8.98. The van der Waals surface area contributed by atoms with E-state index in [1.807, 2.05) is 18.2 Å². The monoisotopic (exact) mass is 249 g/mol. The van der Waals surface area contributed by atoms with Gasteiger partial charge < -0.3 is 0 Å². The highest BCUT2D eigenvalue weighted by Gasteiger charge is 1.98. The van der Waals surface area contributed by atoms with E-state index >= 15 is 0 Å². The summed E-state index contributed by atoms with van der Waals surface area (Å²) in [4.78, 5) is 4.11. The zero-order chi connectivity index (χ0) is 9.80. The predicted octanol–water partition coefficient (Wildman–Crippen LogP) is 2.22. The third kappa shape index (κ3) is 2.35. The van der Waals surface area contributed by atoms with Crippen LogP contribution in [-0.2, 0) is 6.42 Å². The van der Waals surface area contributed by atoms with Gasteiger partial charge in [-0.1, -0.05) is 28.1 Å². The molecule has 0 fully saturated rings. The van der Waals surface area contributed by atoms with Crippen LogP contribution in [0.3, 0.4) is 0 Å². The first kappa shape index (κ1) is 9.27. The second-order valence-electron chi connectivity index (χ2n) is 2.87. The molecule has 2 aromatic rings. The van der Waals surface area contributed by atoms with Crippen molar-refractivity contribution in [2.24, 2.45) is 0 Å². The molecular weight excluding hydrogens is 242 g/mol. The molecule has 0 amide bonds. The molecule has 0 saturated heterocycles. The van der Waals surface area contributed by atoms with E-state index in [1.54, 1.807) is 12.4 Å². The molecule has 70 valence electrons. The normalized spacial score (nSPS) is 10.1. The number of aromatic nitrogens is 3. The molecule has 0 bridgehead atoms. The van der Waals surface area contributed by atoms with Crippen molar-refractivity contribution in [3.8, 4) is 0 Å². The molecule has 4 heteroatoms. The van der Waals surface area contributed by atoms with Gasteiger partial charge in [-0.3, -0.25) is 0 Å². The van der Waals surface area contributed by atoms with Crippen LogP contribution in [0, 0.1) is 0 Å². The van der Waals surface area contributed by atoms with Gasteiger partial charge in [-0.15, -0.1) is 5.10 Å². The molecule has 1 aromatic carbocycles. The molecule has 0 aliphatic carbocycles. The Morgan fingerprint density at radius 3 is 2.86 bits per heavy atom. The van der Waals surface area contributed by atoms with E-state index in [1.165, 1.54) is 5.56 Å². The average Bonchev–Trinajstić information content (AvgIpc) is 2.19. The number of nitrogens with zero attached hydrogens (tertiary/aromatic N) is 3. The Morgan fingerprint density at radius 1 is 1.21 bits per heavy atom. The van der Waals surface area contributed by atoms with Crippen molar-refractivity contribution in [2.75, 3.05) is 0 Å². The lowest BCUT2D eigenvalue weighted by Crippen LogP contribution is -1.96. The molecule has 1 aromatic heterocycles. The lowest BCUT2D eigenvalue weighted by molar-refractivity contribution is 0.864. The molecule has 0 radical (unpaired) electrons. The van der Waals surface area contributed by atoms with Gasteiger partial charge in [0.05, 0.1) is 6.20 Å². The van der Waals surface area contributed by atoms with Gasteiger partial charge in [-0.25, -0.2) is 4.98 Å². The molecule has 1 heterocycles. The number of hydrogen-bond donors (Lipinski definition) is 0. The highest BCUT2D eigenvalue weighted by Crippen LogP contribution is 2.13. The molecule has 0 saturated carbocycles. The average molecular weight is 250 g/mol. The SMILES string of the molecule is Brc1cccc(Cc2nccnn2)c1. The van der Waals surface area contributed by atoms with Crippen molar-refractivity contribution < 1.29 is 0 Å². The Bertz CT molecular complexity index is 417. The molecule has 0 unspecified atom stereocenters. The quantitative estimate of drug-likeness (QED) is 0.820. The molecule has 0 N–H and O–H groups in total. The standard InChI is InChI=1S/C10H8BrN3/c11-9-3-1-2-8(6-9)7-10-12-4-5-13-14-10/h1-6H,7H2. The van der Waals surface area contributed by atoms with Crippen LogP contribution in [-0.4, -0.2) is 15.2 Å². The van der Waals surface area contributed by atoms with Gasteiger partial charge in [0, 0.05) is 17.1 Å². The van der Waals surface area contributed by atoms with Crippen LogP contribution < -0.4 is 0 Å². The van der Waals surface area contributed by atoms with E-state index < -0.39 is 0 Å². The van der Waals surface area contributed by atoms with Crippen molar-refractivity contribution in [3.63, 3.8) is 0 Å². The van der Waals surface area contributed by atoms with Gasteiger partial charge in [-0.05, 0) is 17.7 Å². The minimum Gasteiger partial charge on any atom is -0.237 e. The van der Waals surface area contributed by atoms with Crippen LogP contribution in [0.2, 0.25) is 0 Å². The zero-order valence-electron chi connectivity index (χ0n) is 7.39. The van der Waals surface area contributed by atoms with Crippen LogP contribution in [0.25, 0.3) is 0 Å². The summed E-state index contributed by atoms with van der Waals surface area (Å²) in [6.07, 6.45) is 3.94. The summed E-state index contributed by atoms with van der Waals surface area (Å²) in [6.45, 7) is 0. The molecule has 0 spiro atoms. The second-order valence-corrected chi connectivity index (χ2v) is 3.78. The van der Waals surface area contributed by atoms with E-state index in [-0.39, 0.29) is 0 Å². The summed E-state index contributed by atoms with van der Waals surface area (Å²) in [5.74, 6) is 0.741. The molecule has 2 rings (SSSR count). The summed E-state index contributed by atoms with van der Waals surface area (Å²) in [5.41, 5.74) is 1.17. The van der Waals surface area contributed by atoms with Gasteiger partial charge in [0.25, 0.3) is 0 Å². The summed E-state index contributed by atoms with van der Waals surface area (Å²) in [6, 6.07) is 8.08. The lowest BCUT2D eigenvalue weighted by atomic mass is 10.1. The van der Waals surface area contributed by atoms with Crippen molar-refractivity contribution in [3.05, 3.63) is 52.5 Å². The third-order valence-corrected chi connectivity index (χ3v) is 2.27. The highest BCUT2D eigenvalue weighted by atomic mass is 79.9. The molecule has 3 nitrogen and oxygen atoms in total.